The molecule has 4 rings (SSSR count). The maximum absolute atomic E-state index is 5.41. The number of piperidine rings is 1. The van der Waals surface area contributed by atoms with E-state index in [2.05, 4.69) is 51.3 Å². The van der Waals surface area contributed by atoms with Crippen molar-refractivity contribution < 1.29 is 4.74 Å². The van der Waals surface area contributed by atoms with Gasteiger partial charge in [-0.1, -0.05) is 29.8 Å². The molecule has 0 saturated carbocycles. The van der Waals surface area contributed by atoms with E-state index in [0.29, 0.717) is 6.04 Å². The average molecular weight is 367 g/mol. The molecule has 2 aromatic rings. The number of morpholine rings is 1. The molecule has 144 valence electrons. The Kier molecular flexibility index (Phi) is 5.84. The van der Waals surface area contributed by atoms with Gasteiger partial charge in [0.2, 0.25) is 5.95 Å². The third kappa shape index (κ3) is 4.96. The summed E-state index contributed by atoms with van der Waals surface area (Å²) in [7, 11) is 0. The number of ether oxygens (including phenoxy) is 1. The number of hydrogen-bond donors (Lipinski definition) is 1. The van der Waals surface area contributed by atoms with E-state index in [4.69, 9.17) is 9.72 Å². The lowest BCUT2D eigenvalue weighted by Crippen LogP contribution is -2.39. The van der Waals surface area contributed by atoms with Crippen LogP contribution < -0.4 is 10.2 Å². The van der Waals surface area contributed by atoms with Crippen molar-refractivity contribution in [3.05, 3.63) is 47.7 Å². The van der Waals surface area contributed by atoms with Gasteiger partial charge in [-0.2, -0.15) is 4.98 Å². The summed E-state index contributed by atoms with van der Waals surface area (Å²) < 4.78 is 5.41. The Morgan fingerprint density at radius 3 is 2.52 bits per heavy atom. The first kappa shape index (κ1) is 18.2. The van der Waals surface area contributed by atoms with Crippen molar-refractivity contribution in [2.75, 3.05) is 49.6 Å². The third-order valence-corrected chi connectivity index (χ3v) is 5.40. The lowest BCUT2D eigenvalue weighted by Gasteiger charge is -2.33. The number of hydrogen-bond acceptors (Lipinski definition) is 6. The summed E-state index contributed by atoms with van der Waals surface area (Å²) in [5, 5.41) is 3.62. The number of nitrogens with zero attached hydrogens (tertiary/aromatic N) is 4. The molecule has 1 aromatic carbocycles. The minimum absolute atomic E-state index is 0.478. The van der Waals surface area contributed by atoms with Gasteiger partial charge in [-0.15, -0.1) is 0 Å². The molecule has 2 aliphatic heterocycles. The lowest BCUT2D eigenvalue weighted by atomic mass is 10.0. The summed E-state index contributed by atoms with van der Waals surface area (Å²) in [4.78, 5) is 13.9. The van der Waals surface area contributed by atoms with Crippen molar-refractivity contribution >= 4 is 11.8 Å². The van der Waals surface area contributed by atoms with Crippen LogP contribution >= 0.6 is 0 Å². The van der Waals surface area contributed by atoms with Crippen molar-refractivity contribution in [1.29, 1.82) is 0 Å². The van der Waals surface area contributed by atoms with Crippen molar-refractivity contribution in [2.45, 2.75) is 32.4 Å². The van der Waals surface area contributed by atoms with Crippen molar-refractivity contribution in [1.82, 2.24) is 14.9 Å². The highest BCUT2D eigenvalue weighted by molar-refractivity contribution is 5.42. The SMILES string of the molecule is Cc1ccc(CN2CCC(Nc3ccnc(N4CCOCC4)n3)CC2)cc1. The number of rotatable bonds is 5. The van der Waals surface area contributed by atoms with Gasteiger partial charge >= 0.3 is 0 Å². The molecule has 27 heavy (non-hydrogen) atoms. The van der Waals surface area contributed by atoms with Gasteiger partial charge in [-0.05, 0) is 31.4 Å². The number of aromatic nitrogens is 2. The zero-order valence-electron chi connectivity index (χ0n) is 16.1. The Hall–Kier alpha value is -2.18. The Bertz CT molecular complexity index is 722. The van der Waals surface area contributed by atoms with Gasteiger partial charge in [-0.25, -0.2) is 4.98 Å². The summed E-state index contributed by atoms with van der Waals surface area (Å²) in [5.74, 6) is 1.74. The van der Waals surface area contributed by atoms with E-state index in [9.17, 15) is 0 Å². The summed E-state index contributed by atoms with van der Waals surface area (Å²) in [5.41, 5.74) is 2.72. The quantitative estimate of drug-likeness (QED) is 0.877. The van der Waals surface area contributed by atoms with Crippen LogP contribution in [0, 0.1) is 6.92 Å². The molecule has 0 spiro atoms. The first-order valence-electron chi connectivity index (χ1n) is 9.96. The molecule has 0 radical (unpaired) electrons. The van der Waals surface area contributed by atoms with E-state index in [0.717, 1.165) is 70.5 Å². The van der Waals surface area contributed by atoms with Gasteiger partial charge in [0.15, 0.2) is 0 Å². The van der Waals surface area contributed by atoms with Crippen LogP contribution in [0.25, 0.3) is 0 Å². The maximum Gasteiger partial charge on any atom is 0.227 e. The molecule has 0 unspecified atom stereocenters. The van der Waals surface area contributed by atoms with Crippen LogP contribution in [0.5, 0.6) is 0 Å². The van der Waals surface area contributed by atoms with Crippen molar-refractivity contribution in [3.63, 3.8) is 0 Å². The molecule has 2 saturated heterocycles. The fraction of sp³-hybridized carbons (Fsp3) is 0.524. The summed E-state index contributed by atoms with van der Waals surface area (Å²) in [6.45, 7) is 8.64. The van der Waals surface area contributed by atoms with Crippen LogP contribution in [0.1, 0.15) is 24.0 Å². The standard InChI is InChI=1S/C21H29N5O/c1-17-2-4-18(5-3-17)16-25-10-7-19(8-11-25)23-20-6-9-22-21(24-20)26-12-14-27-15-13-26/h2-6,9,19H,7-8,10-16H2,1H3,(H,22,23,24). The predicted octanol–water partition coefficient (Wildman–Crippen LogP) is 2.70. The highest BCUT2D eigenvalue weighted by Crippen LogP contribution is 2.19. The second kappa shape index (κ2) is 8.67. The number of benzene rings is 1. The zero-order chi connectivity index (χ0) is 18.5. The van der Waals surface area contributed by atoms with Gasteiger partial charge in [0.25, 0.3) is 0 Å². The molecule has 6 nitrogen and oxygen atoms in total. The monoisotopic (exact) mass is 367 g/mol. The van der Waals surface area contributed by atoms with E-state index in [1.54, 1.807) is 0 Å². The van der Waals surface area contributed by atoms with Gasteiger partial charge in [0, 0.05) is 45.0 Å². The largest absolute Gasteiger partial charge is 0.378 e. The van der Waals surface area contributed by atoms with E-state index < -0.39 is 0 Å². The second-order valence-corrected chi connectivity index (χ2v) is 7.52. The highest BCUT2D eigenvalue weighted by atomic mass is 16.5. The number of likely N-dealkylation sites (tertiary alicyclic amines) is 1. The molecule has 2 aliphatic rings. The van der Waals surface area contributed by atoms with Crippen LogP contribution in [-0.4, -0.2) is 60.3 Å². The molecule has 1 aromatic heterocycles. The molecular weight excluding hydrogens is 338 g/mol. The van der Waals surface area contributed by atoms with Crippen LogP contribution in [0.3, 0.4) is 0 Å². The third-order valence-electron chi connectivity index (χ3n) is 5.40. The van der Waals surface area contributed by atoms with Crippen LogP contribution in [-0.2, 0) is 11.3 Å². The maximum atomic E-state index is 5.41. The van der Waals surface area contributed by atoms with Crippen LogP contribution in [0.4, 0.5) is 11.8 Å². The molecule has 0 bridgehead atoms. The van der Waals surface area contributed by atoms with Gasteiger partial charge < -0.3 is 15.0 Å². The van der Waals surface area contributed by atoms with E-state index >= 15 is 0 Å². The topological polar surface area (TPSA) is 53.5 Å². The van der Waals surface area contributed by atoms with E-state index in [-0.39, 0.29) is 0 Å². The number of nitrogens with one attached hydrogen (secondary N) is 1. The fourth-order valence-corrected chi connectivity index (χ4v) is 3.74. The van der Waals surface area contributed by atoms with Gasteiger partial charge in [0.05, 0.1) is 13.2 Å². The van der Waals surface area contributed by atoms with Crippen LogP contribution in [0.15, 0.2) is 36.5 Å². The summed E-state index contributed by atoms with van der Waals surface area (Å²) in [6, 6.07) is 11.3. The first-order valence-corrected chi connectivity index (χ1v) is 9.96. The molecule has 0 atom stereocenters. The number of anilines is 2. The van der Waals surface area contributed by atoms with Crippen molar-refractivity contribution in [3.8, 4) is 0 Å². The van der Waals surface area contributed by atoms with Gasteiger partial charge in [0.1, 0.15) is 5.82 Å². The second-order valence-electron chi connectivity index (χ2n) is 7.52. The fourth-order valence-electron chi connectivity index (χ4n) is 3.74. The molecule has 0 amide bonds. The first-order chi connectivity index (χ1) is 13.3. The Labute approximate surface area is 161 Å². The number of aryl methyl sites for hydroxylation is 1. The minimum Gasteiger partial charge on any atom is -0.378 e. The molecule has 6 heteroatoms. The normalized spacial score (nSPS) is 19.2. The molecule has 1 N–H and O–H groups in total. The average Bonchev–Trinajstić information content (AvgIpc) is 2.72. The van der Waals surface area contributed by atoms with Gasteiger partial charge in [-0.3, -0.25) is 4.90 Å². The highest BCUT2D eigenvalue weighted by Gasteiger charge is 2.20. The molecule has 3 heterocycles. The van der Waals surface area contributed by atoms with E-state index in [1.807, 2.05) is 12.3 Å². The Morgan fingerprint density at radius 1 is 1.04 bits per heavy atom. The molecule has 2 fully saturated rings. The summed E-state index contributed by atoms with van der Waals surface area (Å²) >= 11 is 0. The zero-order valence-corrected chi connectivity index (χ0v) is 16.1. The molecular formula is C21H29N5O. The lowest BCUT2D eigenvalue weighted by molar-refractivity contribution is 0.122. The molecule has 0 aliphatic carbocycles. The predicted molar refractivity (Wildman–Crippen MR) is 108 cm³/mol. The Morgan fingerprint density at radius 2 is 1.78 bits per heavy atom. The smallest absolute Gasteiger partial charge is 0.227 e. The summed E-state index contributed by atoms with van der Waals surface area (Å²) in [6.07, 6.45) is 4.14. The Balaban J connectivity index is 1.28. The minimum atomic E-state index is 0.478. The van der Waals surface area contributed by atoms with Crippen molar-refractivity contribution in [2.24, 2.45) is 0 Å². The van der Waals surface area contributed by atoms with Crippen LogP contribution in [0.2, 0.25) is 0 Å². The van der Waals surface area contributed by atoms with E-state index in [1.165, 1.54) is 11.1 Å².